The molecule has 1 aromatic heterocycles. The number of nitrogen functional groups attached to an aromatic ring is 1. The predicted octanol–water partition coefficient (Wildman–Crippen LogP) is 3.13. The minimum absolute atomic E-state index is 0.00228. The molecule has 1 heterocycles. The number of benzene rings is 1. The average molecular weight is 257 g/mol. The lowest BCUT2D eigenvalue weighted by Gasteiger charge is -2.05. The monoisotopic (exact) mass is 257 g/mol. The summed E-state index contributed by atoms with van der Waals surface area (Å²) in [6, 6.07) is 11.9. The van der Waals surface area contributed by atoms with Crippen molar-refractivity contribution in [2.24, 2.45) is 5.73 Å². The van der Waals surface area contributed by atoms with Crippen LogP contribution in [0.25, 0.3) is 0 Å². The van der Waals surface area contributed by atoms with E-state index in [0.717, 1.165) is 9.92 Å². The highest BCUT2D eigenvalue weighted by Crippen LogP contribution is 2.27. The Bertz CT molecular complexity index is 593. The maximum Gasteiger partial charge on any atom is 0.141 e. The first-order valence-corrected chi connectivity index (χ1v) is 6.44. The molecule has 3 nitrogen and oxygen atoms in total. The minimum Gasteiger partial charge on any atom is -0.382 e. The highest BCUT2D eigenvalue weighted by atomic mass is 32.2. The molecule has 2 aromatic rings. The van der Waals surface area contributed by atoms with E-state index in [2.05, 4.69) is 37.0 Å². The molecule has 3 N–H and O–H groups in total. The maximum atomic E-state index is 7.38. The number of hydrogen-bond acceptors (Lipinski definition) is 3. The number of amidine groups is 1. The number of rotatable bonds is 3. The summed E-state index contributed by atoms with van der Waals surface area (Å²) in [5.74, 6) is -0.00228. The molecule has 0 saturated heterocycles. The summed E-state index contributed by atoms with van der Waals surface area (Å²) in [5.41, 5.74) is 8.50. The van der Waals surface area contributed by atoms with E-state index in [1.807, 2.05) is 12.1 Å². The summed E-state index contributed by atoms with van der Waals surface area (Å²) in [6.45, 7) is 4.19. The number of pyridine rings is 1. The minimum atomic E-state index is -0.00228. The topological polar surface area (TPSA) is 62.8 Å². The quantitative estimate of drug-likeness (QED) is 0.656. The zero-order chi connectivity index (χ0) is 13.1. The van der Waals surface area contributed by atoms with Gasteiger partial charge in [-0.3, -0.25) is 5.41 Å². The van der Waals surface area contributed by atoms with Crippen molar-refractivity contribution in [3.63, 3.8) is 0 Å². The molecule has 0 unspecified atom stereocenters. The van der Waals surface area contributed by atoms with Crippen LogP contribution in [0.15, 0.2) is 46.3 Å². The van der Waals surface area contributed by atoms with Crippen LogP contribution >= 0.6 is 11.8 Å². The van der Waals surface area contributed by atoms with E-state index >= 15 is 0 Å². The standard InChI is InChI=1S/C14H15N3S/c1-9-6-7-11(8-10(9)2)18-13-5-3-4-12(17-13)14(15)16/h3-8H,1-2H3,(H3,15,16). The second-order valence-electron chi connectivity index (χ2n) is 4.12. The van der Waals surface area contributed by atoms with Gasteiger partial charge in [0, 0.05) is 4.90 Å². The summed E-state index contributed by atoms with van der Waals surface area (Å²) in [6.07, 6.45) is 0. The van der Waals surface area contributed by atoms with Crippen molar-refractivity contribution in [3.05, 3.63) is 53.2 Å². The molecule has 0 amide bonds. The van der Waals surface area contributed by atoms with Crippen molar-refractivity contribution in [2.75, 3.05) is 0 Å². The summed E-state index contributed by atoms with van der Waals surface area (Å²) in [4.78, 5) is 5.48. The summed E-state index contributed by atoms with van der Waals surface area (Å²) < 4.78 is 0. The lowest BCUT2D eigenvalue weighted by molar-refractivity contribution is 1.10. The molecule has 0 aliphatic carbocycles. The molecule has 0 aliphatic rings. The molecule has 1 aromatic carbocycles. The van der Waals surface area contributed by atoms with Gasteiger partial charge < -0.3 is 5.73 Å². The molecule has 0 atom stereocenters. The molecule has 0 aliphatic heterocycles. The first-order valence-electron chi connectivity index (χ1n) is 5.63. The molecule has 18 heavy (non-hydrogen) atoms. The Morgan fingerprint density at radius 1 is 1.17 bits per heavy atom. The van der Waals surface area contributed by atoms with Crippen molar-refractivity contribution >= 4 is 17.6 Å². The molecule has 92 valence electrons. The van der Waals surface area contributed by atoms with E-state index in [4.69, 9.17) is 11.1 Å². The SMILES string of the molecule is Cc1ccc(Sc2cccc(C(=N)N)n2)cc1C. The van der Waals surface area contributed by atoms with Gasteiger partial charge in [0.1, 0.15) is 16.6 Å². The number of nitrogens with zero attached hydrogens (tertiary/aromatic N) is 1. The zero-order valence-electron chi connectivity index (χ0n) is 10.4. The highest BCUT2D eigenvalue weighted by Gasteiger charge is 2.03. The Hall–Kier alpha value is -1.81. The van der Waals surface area contributed by atoms with Gasteiger partial charge in [-0.05, 0) is 49.2 Å². The fraction of sp³-hybridized carbons (Fsp3) is 0.143. The zero-order valence-corrected chi connectivity index (χ0v) is 11.2. The average Bonchev–Trinajstić information content (AvgIpc) is 2.34. The second-order valence-corrected chi connectivity index (χ2v) is 5.22. The third-order valence-corrected chi connectivity index (χ3v) is 3.63. The van der Waals surface area contributed by atoms with Crippen molar-refractivity contribution < 1.29 is 0 Å². The van der Waals surface area contributed by atoms with Gasteiger partial charge in [0.15, 0.2) is 0 Å². The molecule has 0 saturated carbocycles. The van der Waals surface area contributed by atoms with Gasteiger partial charge >= 0.3 is 0 Å². The van der Waals surface area contributed by atoms with Crippen LogP contribution in [0.5, 0.6) is 0 Å². The van der Waals surface area contributed by atoms with Crippen LogP contribution in [-0.4, -0.2) is 10.8 Å². The summed E-state index contributed by atoms with van der Waals surface area (Å²) >= 11 is 1.58. The lowest BCUT2D eigenvalue weighted by Crippen LogP contribution is -2.12. The smallest absolute Gasteiger partial charge is 0.141 e. The molecular formula is C14H15N3S. The number of aryl methyl sites for hydroxylation is 2. The van der Waals surface area contributed by atoms with E-state index in [0.29, 0.717) is 5.69 Å². The Kier molecular flexibility index (Phi) is 3.67. The molecule has 0 fully saturated rings. The van der Waals surface area contributed by atoms with Gasteiger partial charge in [-0.15, -0.1) is 0 Å². The second kappa shape index (κ2) is 5.23. The van der Waals surface area contributed by atoms with Crippen molar-refractivity contribution in [2.45, 2.75) is 23.8 Å². The number of nitrogens with one attached hydrogen (secondary N) is 1. The van der Waals surface area contributed by atoms with Gasteiger partial charge in [-0.25, -0.2) is 4.98 Å². The third-order valence-electron chi connectivity index (χ3n) is 2.70. The van der Waals surface area contributed by atoms with Gasteiger partial charge in [-0.1, -0.05) is 23.9 Å². The van der Waals surface area contributed by atoms with E-state index in [9.17, 15) is 0 Å². The fourth-order valence-corrected chi connectivity index (χ4v) is 2.42. The molecule has 0 bridgehead atoms. The first kappa shape index (κ1) is 12.6. The van der Waals surface area contributed by atoms with Crippen LogP contribution in [0.2, 0.25) is 0 Å². The molecule has 4 heteroatoms. The fourth-order valence-electron chi connectivity index (χ4n) is 1.52. The Morgan fingerprint density at radius 3 is 2.61 bits per heavy atom. The van der Waals surface area contributed by atoms with E-state index in [1.54, 1.807) is 17.8 Å². The maximum absolute atomic E-state index is 7.38. The highest BCUT2D eigenvalue weighted by molar-refractivity contribution is 7.99. The summed E-state index contributed by atoms with van der Waals surface area (Å²) in [7, 11) is 0. The number of nitrogens with two attached hydrogens (primary N) is 1. The molecule has 0 radical (unpaired) electrons. The van der Waals surface area contributed by atoms with Crippen molar-refractivity contribution in [3.8, 4) is 0 Å². The van der Waals surface area contributed by atoms with Gasteiger partial charge in [0.05, 0.1) is 0 Å². The largest absolute Gasteiger partial charge is 0.382 e. The van der Waals surface area contributed by atoms with Crippen LogP contribution in [0, 0.1) is 19.3 Å². The molecular weight excluding hydrogens is 242 g/mol. The Labute approximate surface area is 111 Å². The van der Waals surface area contributed by atoms with Crippen LogP contribution in [0.1, 0.15) is 16.8 Å². The van der Waals surface area contributed by atoms with Gasteiger partial charge in [0.2, 0.25) is 0 Å². The van der Waals surface area contributed by atoms with Crippen molar-refractivity contribution in [1.29, 1.82) is 5.41 Å². The van der Waals surface area contributed by atoms with Crippen LogP contribution in [0.4, 0.5) is 0 Å². The van der Waals surface area contributed by atoms with E-state index in [1.165, 1.54) is 11.1 Å². The molecule has 2 rings (SSSR count). The van der Waals surface area contributed by atoms with Gasteiger partial charge in [-0.2, -0.15) is 0 Å². The van der Waals surface area contributed by atoms with Crippen molar-refractivity contribution in [1.82, 2.24) is 4.98 Å². The first-order chi connectivity index (χ1) is 8.56. The number of hydrogen-bond donors (Lipinski definition) is 2. The lowest BCUT2D eigenvalue weighted by atomic mass is 10.1. The van der Waals surface area contributed by atoms with Gasteiger partial charge in [0.25, 0.3) is 0 Å². The van der Waals surface area contributed by atoms with Crippen LogP contribution in [0.3, 0.4) is 0 Å². The normalized spacial score (nSPS) is 10.3. The Balaban J connectivity index is 2.25. The predicted molar refractivity (Wildman–Crippen MR) is 75.3 cm³/mol. The van der Waals surface area contributed by atoms with E-state index < -0.39 is 0 Å². The summed E-state index contributed by atoms with van der Waals surface area (Å²) in [5, 5.41) is 8.23. The van der Waals surface area contributed by atoms with Crippen LogP contribution < -0.4 is 5.73 Å². The Morgan fingerprint density at radius 2 is 1.94 bits per heavy atom. The number of aromatic nitrogens is 1. The third kappa shape index (κ3) is 2.90. The van der Waals surface area contributed by atoms with E-state index in [-0.39, 0.29) is 5.84 Å². The molecule has 0 spiro atoms. The van der Waals surface area contributed by atoms with Crippen LogP contribution in [-0.2, 0) is 0 Å².